The molecule has 1 heterocycles. The fourth-order valence-corrected chi connectivity index (χ4v) is 3.09. The molecule has 5 heteroatoms. The highest BCUT2D eigenvalue weighted by molar-refractivity contribution is 5.89. The number of carbonyl (C=O) groups excluding carboxylic acids is 1. The Bertz CT molecular complexity index is 477. The number of amides is 2. The first kappa shape index (κ1) is 17.8. The van der Waals surface area contributed by atoms with Crippen molar-refractivity contribution in [3.8, 4) is 0 Å². The van der Waals surface area contributed by atoms with Gasteiger partial charge in [-0.2, -0.15) is 0 Å². The molecule has 2 rings (SSSR count). The lowest BCUT2D eigenvalue weighted by atomic mass is 10.2. The Morgan fingerprint density at radius 3 is 2.65 bits per heavy atom. The van der Waals surface area contributed by atoms with Gasteiger partial charge in [-0.3, -0.25) is 4.90 Å². The highest BCUT2D eigenvalue weighted by Gasteiger charge is 2.27. The molecule has 1 aromatic carbocycles. The molecule has 0 radical (unpaired) electrons. The van der Waals surface area contributed by atoms with Crippen LogP contribution in [-0.4, -0.2) is 73.6 Å². The number of carbonyl (C=O) groups is 1. The number of likely N-dealkylation sites (tertiary alicyclic amines) is 1. The summed E-state index contributed by atoms with van der Waals surface area (Å²) in [5, 5.41) is 3.02. The molecule has 1 saturated heterocycles. The number of benzene rings is 1. The van der Waals surface area contributed by atoms with Crippen LogP contribution >= 0.6 is 0 Å². The van der Waals surface area contributed by atoms with Crippen molar-refractivity contribution in [2.45, 2.75) is 25.8 Å². The summed E-state index contributed by atoms with van der Waals surface area (Å²) in [5.41, 5.74) is 0.853. The largest absolute Gasteiger partial charge is 0.322 e. The number of anilines is 1. The Balaban J connectivity index is 1.99. The van der Waals surface area contributed by atoms with Crippen LogP contribution in [-0.2, 0) is 0 Å². The second-order valence-corrected chi connectivity index (χ2v) is 6.47. The van der Waals surface area contributed by atoms with E-state index < -0.39 is 0 Å². The zero-order valence-electron chi connectivity index (χ0n) is 14.7. The number of nitrogens with one attached hydrogen (secondary N) is 1. The summed E-state index contributed by atoms with van der Waals surface area (Å²) in [4.78, 5) is 19.3. The van der Waals surface area contributed by atoms with Crippen molar-refractivity contribution in [3.05, 3.63) is 30.3 Å². The van der Waals surface area contributed by atoms with E-state index in [-0.39, 0.29) is 6.03 Å². The van der Waals surface area contributed by atoms with Crippen molar-refractivity contribution in [3.63, 3.8) is 0 Å². The molecule has 1 aliphatic heterocycles. The van der Waals surface area contributed by atoms with Crippen molar-refractivity contribution < 1.29 is 4.79 Å². The molecule has 0 unspecified atom stereocenters. The third-order valence-electron chi connectivity index (χ3n) is 4.47. The van der Waals surface area contributed by atoms with Crippen LogP contribution in [0.5, 0.6) is 0 Å². The van der Waals surface area contributed by atoms with Gasteiger partial charge in [-0.15, -0.1) is 0 Å². The van der Waals surface area contributed by atoms with Gasteiger partial charge in [0.2, 0.25) is 0 Å². The minimum atomic E-state index is 0.000929. The molecular formula is C18H30N4O. The van der Waals surface area contributed by atoms with E-state index >= 15 is 0 Å². The van der Waals surface area contributed by atoms with E-state index in [9.17, 15) is 4.79 Å². The summed E-state index contributed by atoms with van der Waals surface area (Å²) < 4.78 is 0. The summed E-state index contributed by atoms with van der Waals surface area (Å²) in [6, 6.07) is 10.2. The van der Waals surface area contributed by atoms with Crippen LogP contribution in [0, 0.1) is 0 Å². The van der Waals surface area contributed by atoms with Crippen LogP contribution in [0.25, 0.3) is 0 Å². The van der Waals surface area contributed by atoms with Gasteiger partial charge in [-0.05, 0) is 52.2 Å². The van der Waals surface area contributed by atoms with E-state index in [1.165, 1.54) is 12.8 Å². The highest BCUT2D eigenvalue weighted by Crippen LogP contribution is 2.18. The van der Waals surface area contributed by atoms with Gasteiger partial charge < -0.3 is 15.1 Å². The van der Waals surface area contributed by atoms with Crippen molar-refractivity contribution in [1.82, 2.24) is 14.7 Å². The van der Waals surface area contributed by atoms with Crippen LogP contribution < -0.4 is 5.32 Å². The summed E-state index contributed by atoms with van der Waals surface area (Å²) in [5.74, 6) is 0. The molecule has 1 aromatic rings. The Kier molecular flexibility index (Phi) is 6.86. The predicted molar refractivity (Wildman–Crippen MR) is 95.9 cm³/mol. The van der Waals surface area contributed by atoms with E-state index in [2.05, 4.69) is 22.0 Å². The fourth-order valence-electron chi connectivity index (χ4n) is 3.09. The second-order valence-electron chi connectivity index (χ2n) is 6.47. The monoisotopic (exact) mass is 318 g/mol. The number of likely N-dealkylation sites (N-methyl/N-ethyl adjacent to an activating group) is 2. The first-order valence-electron chi connectivity index (χ1n) is 8.60. The summed E-state index contributed by atoms with van der Waals surface area (Å²) >= 11 is 0. The summed E-state index contributed by atoms with van der Waals surface area (Å²) in [6.45, 7) is 6.85. The number of urea groups is 1. The molecule has 1 fully saturated rings. The Morgan fingerprint density at radius 1 is 1.26 bits per heavy atom. The molecule has 5 nitrogen and oxygen atoms in total. The first-order valence-corrected chi connectivity index (χ1v) is 8.60. The second kappa shape index (κ2) is 8.89. The maximum Gasteiger partial charge on any atom is 0.321 e. The molecule has 1 atom stereocenters. The maximum atomic E-state index is 12.7. The van der Waals surface area contributed by atoms with Gasteiger partial charge >= 0.3 is 6.03 Å². The molecule has 128 valence electrons. The first-order chi connectivity index (χ1) is 11.1. The zero-order valence-corrected chi connectivity index (χ0v) is 14.7. The maximum absolute atomic E-state index is 12.7. The fraction of sp³-hybridized carbons (Fsp3) is 0.611. The molecule has 0 spiro atoms. The van der Waals surface area contributed by atoms with Crippen LogP contribution in [0.4, 0.5) is 10.5 Å². The number of hydrogen-bond donors (Lipinski definition) is 1. The van der Waals surface area contributed by atoms with Gasteiger partial charge in [0.25, 0.3) is 0 Å². The predicted octanol–water partition coefficient (Wildman–Crippen LogP) is 2.57. The van der Waals surface area contributed by atoms with E-state index in [1.54, 1.807) is 0 Å². The van der Waals surface area contributed by atoms with Gasteiger partial charge in [0.1, 0.15) is 0 Å². The topological polar surface area (TPSA) is 38.8 Å². The van der Waals surface area contributed by atoms with E-state index in [0.717, 1.165) is 38.4 Å². The molecule has 0 bridgehead atoms. The van der Waals surface area contributed by atoms with Gasteiger partial charge in [0.15, 0.2) is 0 Å². The van der Waals surface area contributed by atoms with Gasteiger partial charge in [-0.1, -0.05) is 25.1 Å². The van der Waals surface area contributed by atoms with Crippen LogP contribution in [0.3, 0.4) is 0 Å². The quantitative estimate of drug-likeness (QED) is 0.840. The van der Waals surface area contributed by atoms with Gasteiger partial charge in [0, 0.05) is 31.4 Å². The van der Waals surface area contributed by atoms with Crippen LogP contribution in [0.15, 0.2) is 30.3 Å². The lowest BCUT2D eigenvalue weighted by molar-refractivity contribution is 0.172. The minimum Gasteiger partial charge on any atom is -0.322 e. The van der Waals surface area contributed by atoms with Crippen molar-refractivity contribution in [1.29, 1.82) is 0 Å². The third-order valence-corrected chi connectivity index (χ3v) is 4.47. The molecule has 1 N–H and O–H groups in total. The van der Waals surface area contributed by atoms with Crippen molar-refractivity contribution in [2.24, 2.45) is 0 Å². The van der Waals surface area contributed by atoms with Crippen LogP contribution in [0.1, 0.15) is 19.8 Å². The third kappa shape index (κ3) is 5.52. The molecule has 0 saturated carbocycles. The normalized spacial score (nSPS) is 18.3. The SMILES string of the molecule is CCN1CCC[C@@H]1CN(CCN(C)C)C(=O)Nc1ccccc1. The molecule has 23 heavy (non-hydrogen) atoms. The highest BCUT2D eigenvalue weighted by atomic mass is 16.2. The molecular weight excluding hydrogens is 288 g/mol. The van der Waals surface area contributed by atoms with E-state index in [0.29, 0.717) is 6.04 Å². The number of hydrogen-bond acceptors (Lipinski definition) is 3. The van der Waals surface area contributed by atoms with E-state index in [4.69, 9.17) is 0 Å². The van der Waals surface area contributed by atoms with Gasteiger partial charge in [0.05, 0.1) is 0 Å². The summed E-state index contributed by atoms with van der Waals surface area (Å²) in [6.07, 6.45) is 2.42. The number of rotatable bonds is 7. The Labute approximate surface area is 140 Å². The molecule has 0 aliphatic carbocycles. The standard InChI is InChI=1S/C18H30N4O/c1-4-21-12-8-11-17(21)15-22(14-13-20(2)3)18(23)19-16-9-6-5-7-10-16/h5-7,9-10,17H,4,8,11-15H2,1-3H3,(H,19,23)/t17-/m1/s1. The van der Waals surface area contributed by atoms with Crippen molar-refractivity contribution in [2.75, 3.05) is 52.1 Å². The Hall–Kier alpha value is -1.59. The Morgan fingerprint density at radius 2 is 2.00 bits per heavy atom. The molecule has 0 aromatic heterocycles. The van der Waals surface area contributed by atoms with Crippen LogP contribution in [0.2, 0.25) is 0 Å². The molecule has 2 amide bonds. The van der Waals surface area contributed by atoms with E-state index in [1.807, 2.05) is 49.3 Å². The van der Waals surface area contributed by atoms with Crippen molar-refractivity contribution >= 4 is 11.7 Å². The summed E-state index contributed by atoms with van der Waals surface area (Å²) in [7, 11) is 4.09. The smallest absolute Gasteiger partial charge is 0.321 e. The minimum absolute atomic E-state index is 0.000929. The average Bonchev–Trinajstić information content (AvgIpc) is 2.99. The lowest BCUT2D eigenvalue weighted by Gasteiger charge is -2.31. The van der Waals surface area contributed by atoms with Gasteiger partial charge in [-0.25, -0.2) is 4.79 Å². The number of para-hydroxylation sites is 1. The lowest BCUT2D eigenvalue weighted by Crippen LogP contribution is -2.46. The average molecular weight is 318 g/mol. The molecule has 1 aliphatic rings. The zero-order chi connectivity index (χ0) is 16.7. The number of nitrogens with zero attached hydrogens (tertiary/aromatic N) is 3.